The molecule has 0 spiro atoms. The lowest BCUT2D eigenvalue weighted by molar-refractivity contribution is 1.25. The van der Waals surface area contributed by atoms with Crippen LogP contribution in [0.1, 0.15) is 0 Å². The third-order valence-corrected chi connectivity index (χ3v) is 1.25. The van der Waals surface area contributed by atoms with Gasteiger partial charge in [-0.3, -0.25) is 0 Å². The molecule has 0 bridgehead atoms. The largest absolute Gasteiger partial charge is 0.235 e. The first kappa shape index (κ1) is 5.29. The minimum atomic E-state index is 0.699. The summed E-state index contributed by atoms with van der Waals surface area (Å²) in [6.07, 6.45) is 3.22. The third-order valence-electron chi connectivity index (χ3n) is 1.25. The van der Waals surface area contributed by atoms with Gasteiger partial charge in [-0.1, -0.05) is 6.07 Å². The van der Waals surface area contributed by atoms with Crippen LogP contribution in [-0.4, -0.2) is 15.0 Å². The van der Waals surface area contributed by atoms with E-state index in [1.165, 1.54) is 6.33 Å². The highest BCUT2D eigenvalue weighted by Gasteiger charge is 2.00. The first-order valence-corrected chi connectivity index (χ1v) is 2.98. The maximum Gasteiger partial charge on any atom is 0.179 e. The first-order valence-electron chi connectivity index (χ1n) is 2.98. The minimum absolute atomic E-state index is 0.699. The van der Waals surface area contributed by atoms with Crippen molar-refractivity contribution in [2.45, 2.75) is 0 Å². The van der Waals surface area contributed by atoms with Gasteiger partial charge in [-0.25, -0.2) is 15.0 Å². The number of nitrogens with zero attached hydrogens (tertiary/aromatic N) is 3. The first-order chi connectivity index (χ1) is 4.97. The Kier molecular flexibility index (Phi) is 1.07. The molecule has 48 valence electrons. The highest BCUT2D eigenvalue weighted by Crippen LogP contribution is 2.09. The second kappa shape index (κ2) is 2.02. The van der Waals surface area contributed by atoms with E-state index in [0.717, 1.165) is 5.69 Å². The molecule has 0 saturated heterocycles. The van der Waals surface area contributed by atoms with Crippen molar-refractivity contribution in [1.82, 2.24) is 15.0 Å². The highest BCUT2D eigenvalue weighted by atomic mass is 15.0. The van der Waals surface area contributed by atoms with Crippen molar-refractivity contribution in [1.29, 1.82) is 0 Å². The van der Waals surface area contributed by atoms with Crippen molar-refractivity contribution < 1.29 is 0 Å². The average Bonchev–Trinajstić information content (AvgIpc) is 2.28. The van der Waals surface area contributed by atoms with Crippen molar-refractivity contribution in [2.24, 2.45) is 0 Å². The molecule has 3 heteroatoms. The Balaban J connectivity index is 2.74. The van der Waals surface area contributed by atoms with Crippen LogP contribution in [0.4, 0.5) is 0 Å². The molecule has 0 aliphatic carbocycles. The standard InChI is InChI=1S/C7H5N3/c1-2-4-8-7-6(3-1)9-5-10-7/h1-5H. The molecule has 0 radical (unpaired) electrons. The Bertz CT molecular complexity index is 280. The number of hydrogen-bond donors (Lipinski definition) is 0. The van der Waals surface area contributed by atoms with Crippen LogP contribution in [0.2, 0.25) is 0 Å². The molecule has 2 heterocycles. The van der Waals surface area contributed by atoms with Crippen LogP contribution in [0.15, 0.2) is 30.7 Å². The zero-order chi connectivity index (χ0) is 6.81. The zero-order valence-electron chi connectivity index (χ0n) is 5.23. The van der Waals surface area contributed by atoms with Crippen LogP contribution in [0.5, 0.6) is 0 Å². The summed E-state index contributed by atoms with van der Waals surface area (Å²) < 4.78 is 0. The monoisotopic (exact) mass is 131 g/mol. The summed E-state index contributed by atoms with van der Waals surface area (Å²) in [5.41, 5.74) is 0.838. The smallest absolute Gasteiger partial charge is 0.179 e. The molecule has 0 aromatic heterocycles. The normalized spacial score (nSPS) is 10.0. The zero-order valence-corrected chi connectivity index (χ0v) is 5.23. The SMILES string of the molecule is c1ccc2ncnc-2nc1. The van der Waals surface area contributed by atoms with Crippen molar-refractivity contribution >= 4 is 0 Å². The highest BCUT2D eigenvalue weighted by molar-refractivity contribution is 5.48. The van der Waals surface area contributed by atoms with E-state index in [9.17, 15) is 0 Å². The van der Waals surface area contributed by atoms with Crippen LogP contribution in [0.25, 0.3) is 11.5 Å². The number of fused-ring (bicyclic) bond motifs is 1. The second-order valence-corrected chi connectivity index (χ2v) is 1.91. The van der Waals surface area contributed by atoms with Crippen LogP contribution >= 0.6 is 0 Å². The molecule has 2 aliphatic rings. The summed E-state index contributed by atoms with van der Waals surface area (Å²) >= 11 is 0. The predicted molar refractivity (Wildman–Crippen MR) is 36.4 cm³/mol. The van der Waals surface area contributed by atoms with E-state index in [4.69, 9.17) is 0 Å². The third kappa shape index (κ3) is 0.719. The molecule has 3 nitrogen and oxygen atoms in total. The average molecular weight is 131 g/mol. The number of hydrogen-bond acceptors (Lipinski definition) is 3. The Morgan fingerprint density at radius 2 is 2.00 bits per heavy atom. The topological polar surface area (TPSA) is 38.7 Å². The van der Waals surface area contributed by atoms with Crippen LogP contribution in [0, 0.1) is 0 Å². The quantitative estimate of drug-likeness (QED) is 0.534. The Hall–Kier alpha value is -1.51. The van der Waals surface area contributed by atoms with E-state index in [1.54, 1.807) is 6.20 Å². The van der Waals surface area contributed by atoms with Gasteiger partial charge in [0.15, 0.2) is 5.82 Å². The lowest BCUT2D eigenvalue weighted by Crippen LogP contribution is -1.74. The summed E-state index contributed by atoms with van der Waals surface area (Å²) in [5.74, 6) is 0.699. The van der Waals surface area contributed by atoms with E-state index in [-0.39, 0.29) is 0 Å². The minimum Gasteiger partial charge on any atom is -0.235 e. The van der Waals surface area contributed by atoms with Gasteiger partial charge in [0.1, 0.15) is 12.0 Å². The second-order valence-electron chi connectivity index (χ2n) is 1.91. The maximum absolute atomic E-state index is 4.03. The van der Waals surface area contributed by atoms with Gasteiger partial charge in [0, 0.05) is 6.20 Å². The summed E-state index contributed by atoms with van der Waals surface area (Å²) in [6, 6.07) is 5.63. The molecular weight excluding hydrogens is 126 g/mol. The molecule has 2 rings (SSSR count). The predicted octanol–water partition coefficient (Wildman–Crippen LogP) is 0.976. The van der Waals surface area contributed by atoms with E-state index in [0.29, 0.717) is 5.82 Å². The molecule has 2 aliphatic heterocycles. The van der Waals surface area contributed by atoms with Gasteiger partial charge in [0.2, 0.25) is 0 Å². The molecular formula is C7H5N3. The molecule has 0 aromatic carbocycles. The van der Waals surface area contributed by atoms with Crippen LogP contribution in [-0.2, 0) is 0 Å². The van der Waals surface area contributed by atoms with Gasteiger partial charge in [-0.2, -0.15) is 0 Å². The van der Waals surface area contributed by atoms with Gasteiger partial charge in [-0.05, 0) is 12.1 Å². The number of imidazole rings is 1. The Morgan fingerprint density at radius 3 is 3.00 bits per heavy atom. The molecule has 10 heavy (non-hydrogen) atoms. The van der Waals surface area contributed by atoms with Crippen LogP contribution < -0.4 is 0 Å². The molecule has 0 fully saturated rings. The van der Waals surface area contributed by atoms with Gasteiger partial charge < -0.3 is 0 Å². The summed E-state index contributed by atoms with van der Waals surface area (Å²) in [7, 11) is 0. The fourth-order valence-corrected chi connectivity index (χ4v) is 0.797. The van der Waals surface area contributed by atoms with Crippen molar-refractivity contribution in [2.75, 3.05) is 0 Å². The maximum atomic E-state index is 4.03. The molecule has 0 unspecified atom stereocenters. The molecule has 0 aromatic rings. The van der Waals surface area contributed by atoms with E-state index < -0.39 is 0 Å². The fourth-order valence-electron chi connectivity index (χ4n) is 0.797. The number of rotatable bonds is 0. The Morgan fingerprint density at radius 1 is 1.00 bits per heavy atom. The van der Waals surface area contributed by atoms with E-state index in [1.807, 2.05) is 18.2 Å². The summed E-state index contributed by atoms with van der Waals surface area (Å²) in [4.78, 5) is 12.0. The van der Waals surface area contributed by atoms with Gasteiger partial charge >= 0.3 is 0 Å². The summed E-state index contributed by atoms with van der Waals surface area (Å²) in [6.45, 7) is 0. The van der Waals surface area contributed by atoms with Gasteiger partial charge in [0.25, 0.3) is 0 Å². The van der Waals surface area contributed by atoms with Crippen molar-refractivity contribution in [3.63, 3.8) is 0 Å². The molecule has 0 N–H and O–H groups in total. The Labute approximate surface area is 58.1 Å². The molecule has 0 saturated carbocycles. The lowest BCUT2D eigenvalue weighted by atomic mass is 10.4. The van der Waals surface area contributed by atoms with Crippen LogP contribution in [0.3, 0.4) is 0 Å². The molecule has 0 amide bonds. The molecule has 0 atom stereocenters. The van der Waals surface area contributed by atoms with Gasteiger partial charge in [0.05, 0.1) is 0 Å². The summed E-state index contributed by atoms with van der Waals surface area (Å²) in [5, 5.41) is 0. The fraction of sp³-hybridized carbons (Fsp3) is 0. The van der Waals surface area contributed by atoms with Crippen molar-refractivity contribution in [3.8, 4) is 11.5 Å². The van der Waals surface area contributed by atoms with Gasteiger partial charge in [-0.15, -0.1) is 0 Å². The lowest BCUT2D eigenvalue weighted by Gasteiger charge is -1.80. The van der Waals surface area contributed by atoms with E-state index >= 15 is 0 Å². The van der Waals surface area contributed by atoms with Crippen molar-refractivity contribution in [3.05, 3.63) is 30.7 Å². The van der Waals surface area contributed by atoms with E-state index in [2.05, 4.69) is 15.0 Å². The number of aromatic nitrogens is 3.